The number of benzene rings is 1. The molecule has 0 unspecified atom stereocenters. The van der Waals surface area contributed by atoms with Crippen molar-refractivity contribution in [1.82, 2.24) is 9.78 Å². The predicted octanol–water partition coefficient (Wildman–Crippen LogP) is 1.46. The number of hydrogen-bond donors (Lipinski definition) is 1. The Kier molecular flexibility index (Phi) is 3.20. The Bertz CT molecular complexity index is 699. The molecule has 0 saturated heterocycles. The third-order valence-electron chi connectivity index (χ3n) is 2.37. The van der Waals surface area contributed by atoms with Crippen molar-refractivity contribution in [3.63, 3.8) is 0 Å². The van der Waals surface area contributed by atoms with Gasteiger partial charge in [-0.3, -0.25) is 10.1 Å². The molecule has 0 bridgehead atoms. The SMILES string of the molecule is N#Cc1cc(C=NO)ccc1-n1cc([N+](=O)[O-])cn1. The standard InChI is InChI=1S/C11H7N5O3/c12-4-9-3-8(5-14-17)1-2-11(9)15-7-10(6-13-15)16(18)19/h1-3,5-7,17H. The molecule has 0 aliphatic heterocycles. The minimum Gasteiger partial charge on any atom is -0.411 e. The van der Waals surface area contributed by atoms with Crippen LogP contribution in [0.5, 0.6) is 0 Å². The minimum absolute atomic E-state index is 0.162. The molecule has 0 saturated carbocycles. The number of nitriles is 1. The second-order valence-corrected chi connectivity index (χ2v) is 3.53. The van der Waals surface area contributed by atoms with E-state index in [0.717, 1.165) is 6.20 Å². The van der Waals surface area contributed by atoms with Crippen LogP contribution in [-0.4, -0.2) is 26.1 Å². The Hall–Kier alpha value is -3.21. The van der Waals surface area contributed by atoms with E-state index in [9.17, 15) is 10.1 Å². The van der Waals surface area contributed by atoms with Crippen LogP contribution in [0.2, 0.25) is 0 Å². The molecule has 0 aliphatic carbocycles. The predicted molar refractivity (Wildman–Crippen MR) is 64.3 cm³/mol. The van der Waals surface area contributed by atoms with E-state index in [4.69, 9.17) is 10.5 Å². The maximum Gasteiger partial charge on any atom is 0.307 e. The van der Waals surface area contributed by atoms with Crippen LogP contribution in [0, 0.1) is 21.4 Å². The van der Waals surface area contributed by atoms with Gasteiger partial charge in [-0.15, -0.1) is 0 Å². The molecule has 8 nitrogen and oxygen atoms in total. The maximum absolute atomic E-state index is 10.6. The zero-order valence-corrected chi connectivity index (χ0v) is 9.46. The largest absolute Gasteiger partial charge is 0.411 e. The Balaban J connectivity index is 2.49. The molecular formula is C11H7N5O3. The highest BCUT2D eigenvalue weighted by Crippen LogP contribution is 2.18. The van der Waals surface area contributed by atoms with Gasteiger partial charge in [-0.1, -0.05) is 11.2 Å². The summed E-state index contributed by atoms with van der Waals surface area (Å²) < 4.78 is 1.25. The lowest BCUT2D eigenvalue weighted by Crippen LogP contribution is -1.99. The van der Waals surface area contributed by atoms with Crippen molar-refractivity contribution >= 4 is 11.9 Å². The zero-order chi connectivity index (χ0) is 13.8. The van der Waals surface area contributed by atoms with Crippen LogP contribution in [0.1, 0.15) is 11.1 Å². The van der Waals surface area contributed by atoms with Crippen LogP contribution in [0.3, 0.4) is 0 Å². The minimum atomic E-state index is -0.567. The molecule has 0 aliphatic rings. The second-order valence-electron chi connectivity index (χ2n) is 3.53. The smallest absolute Gasteiger partial charge is 0.307 e. The van der Waals surface area contributed by atoms with Crippen molar-refractivity contribution in [3.8, 4) is 11.8 Å². The van der Waals surface area contributed by atoms with Crippen molar-refractivity contribution in [1.29, 1.82) is 5.26 Å². The summed E-state index contributed by atoms with van der Waals surface area (Å²) in [5.74, 6) is 0. The van der Waals surface area contributed by atoms with E-state index < -0.39 is 4.92 Å². The van der Waals surface area contributed by atoms with E-state index in [1.165, 1.54) is 23.2 Å². The lowest BCUT2D eigenvalue weighted by molar-refractivity contribution is -0.384. The number of nitro groups is 1. The Labute approximate surface area is 107 Å². The first-order valence-electron chi connectivity index (χ1n) is 5.06. The third kappa shape index (κ3) is 2.39. The summed E-state index contributed by atoms with van der Waals surface area (Å²) in [7, 11) is 0. The molecule has 0 spiro atoms. The van der Waals surface area contributed by atoms with Crippen molar-refractivity contribution in [2.24, 2.45) is 5.16 Å². The van der Waals surface area contributed by atoms with Crippen LogP contribution in [-0.2, 0) is 0 Å². The van der Waals surface area contributed by atoms with Crippen LogP contribution in [0.15, 0.2) is 35.7 Å². The number of rotatable bonds is 3. The van der Waals surface area contributed by atoms with Gasteiger partial charge < -0.3 is 5.21 Å². The van der Waals surface area contributed by atoms with Crippen molar-refractivity contribution < 1.29 is 10.1 Å². The summed E-state index contributed by atoms with van der Waals surface area (Å²) in [5.41, 5.74) is 1.04. The van der Waals surface area contributed by atoms with E-state index in [0.29, 0.717) is 11.3 Å². The molecule has 0 fully saturated rings. The normalized spacial score (nSPS) is 10.5. The molecule has 1 heterocycles. The maximum atomic E-state index is 10.6. The van der Waals surface area contributed by atoms with Gasteiger partial charge in [0.2, 0.25) is 0 Å². The third-order valence-corrected chi connectivity index (χ3v) is 2.37. The molecule has 19 heavy (non-hydrogen) atoms. The first-order chi connectivity index (χ1) is 9.15. The van der Waals surface area contributed by atoms with Crippen molar-refractivity contribution in [3.05, 3.63) is 51.8 Å². The lowest BCUT2D eigenvalue weighted by atomic mass is 10.1. The molecule has 0 radical (unpaired) electrons. The molecule has 1 aromatic carbocycles. The van der Waals surface area contributed by atoms with Crippen LogP contribution < -0.4 is 0 Å². The summed E-state index contributed by atoms with van der Waals surface area (Å²) >= 11 is 0. The van der Waals surface area contributed by atoms with E-state index in [-0.39, 0.29) is 11.3 Å². The summed E-state index contributed by atoms with van der Waals surface area (Å²) in [5, 5.41) is 34.8. The van der Waals surface area contributed by atoms with Gasteiger partial charge in [0.15, 0.2) is 0 Å². The van der Waals surface area contributed by atoms with E-state index in [2.05, 4.69) is 10.3 Å². The zero-order valence-electron chi connectivity index (χ0n) is 9.46. The number of oxime groups is 1. The van der Waals surface area contributed by atoms with E-state index >= 15 is 0 Å². The quantitative estimate of drug-likeness (QED) is 0.386. The van der Waals surface area contributed by atoms with Crippen molar-refractivity contribution in [2.75, 3.05) is 0 Å². The summed E-state index contributed by atoms with van der Waals surface area (Å²) in [6, 6.07) is 6.61. The van der Waals surface area contributed by atoms with E-state index in [1.807, 2.05) is 6.07 Å². The molecule has 0 amide bonds. The van der Waals surface area contributed by atoms with Crippen LogP contribution >= 0.6 is 0 Å². The molecule has 1 aromatic heterocycles. The van der Waals surface area contributed by atoms with Gasteiger partial charge in [0.25, 0.3) is 0 Å². The van der Waals surface area contributed by atoms with Crippen LogP contribution in [0.4, 0.5) is 5.69 Å². The van der Waals surface area contributed by atoms with Gasteiger partial charge >= 0.3 is 5.69 Å². The average Bonchev–Trinajstić information content (AvgIpc) is 2.88. The fourth-order valence-electron chi connectivity index (χ4n) is 1.53. The Morgan fingerprint density at radius 1 is 1.58 bits per heavy atom. The van der Waals surface area contributed by atoms with Gasteiger partial charge in [-0.25, -0.2) is 4.68 Å². The molecule has 1 N–H and O–H groups in total. The highest BCUT2D eigenvalue weighted by Gasteiger charge is 2.12. The van der Waals surface area contributed by atoms with Crippen molar-refractivity contribution in [2.45, 2.75) is 0 Å². The molecule has 94 valence electrons. The highest BCUT2D eigenvalue weighted by atomic mass is 16.6. The molecule has 2 rings (SSSR count). The van der Waals surface area contributed by atoms with Gasteiger partial charge in [-0.05, 0) is 17.7 Å². The molecule has 8 heteroatoms. The Morgan fingerprint density at radius 2 is 2.37 bits per heavy atom. The first kappa shape index (κ1) is 12.3. The topological polar surface area (TPSA) is 117 Å². The summed E-state index contributed by atoms with van der Waals surface area (Å²) in [6.45, 7) is 0. The number of hydrogen-bond acceptors (Lipinski definition) is 6. The molecular weight excluding hydrogens is 250 g/mol. The van der Waals surface area contributed by atoms with E-state index in [1.54, 1.807) is 12.1 Å². The summed E-state index contributed by atoms with van der Waals surface area (Å²) in [6.07, 6.45) is 3.50. The fraction of sp³-hybridized carbons (Fsp3) is 0. The first-order valence-corrected chi connectivity index (χ1v) is 5.06. The molecule has 0 atom stereocenters. The van der Waals surface area contributed by atoms with Gasteiger partial charge in [0.05, 0.1) is 22.4 Å². The van der Waals surface area contributed by atoms with Gasteiger partial charge in [-0.2, -0.15) is 10.4 Å². The summed E-state index contributed by atoms with van der Waals surface area (Å²) in [4.78, 5) is 10.0. The second kappa shape index (κ2) is 4.97. The number of aromatic nitrogens is 2. The monoisotopic (exact) mass is 257 g/mol. The average molecular weight is 257 g/mol. The van der Waals surface area contributed by atoms with Crippen LogP contribution in [0.25, 0.3) is 5.69 Å². The lowest BCUT2D eigenvalue weighted by Gasteiger charge is -2.03. The highest BCUT2D eigenvalue weighted by molar-refractivity contribution is 5.80. The fourth-order valence-corrected chi connectivity index (χ4v) is 1.53. The van der Waals surface area contributed by atoms with Gasteiger partial charge in [0.1, 0.15) is 18.5 Å². The Morgan fingerprint density at radius 3 is 2.95 bits per heavy atom. The number of nitrogens with zero attached hydrogens (tertiary/aromatic N) is 5. The van der Waals surface area contributed by atoms with Gasteiger partial charge in [0, 0.05) is 0 Å². The molecule has 2 aromatic rings.